The van der Waals surface area contributed by atoms with E-state index >= 15 is 0 Å². The van der Waals surface area contributed by atoms with Crippen molar-refractivity contribution in [1.29, 1.82) is 0 Å². The first-order valence-corrected chi connectivity index (χ1v) is 6.69. The molecule has 0 fully saturated rings. The SMILES string of the molecule is C=C(C(=O)O)c1c(C)nn(C/C=C/c2ccccc2)c1C. The monoisotopic (exact) mass is 282 g/mol. The second kappa shape index (κ2) is 6.22. The third kappa shape index (κ3) is 3.28. The molecule has 2 rings (SSSR count). The summed E-state index contributed by atoms with van der Waals surface area (Å²) < 4.78 is 1.79. The topological polar surface area (TPSA) is 55.1 Å². The fourth-order valence-corrected chi connectivity index (χ4v) is 2.27. The first kappa shape index (κ1) is 14.8. The van der Waals surface area contributed by atoms with Gasteiger partial charge in [0.05, 0.1) is 17.8 Å². The van der Waals surface area contributed by atoms with Crippen LogP contribution >= 0.6 is 0 Å². The summed E-state index contributed by atoms with van der Waals surface area (Å²) in [4.78, 5) is 11.1. The minimum Gasteiger partial charge on any atom is -0.478 e. The van der Waals surface area contributed by atoms with Crippen LogP contribution in [0.25, 0.3) is 11.6 Å². The number of aryl methyl sites for hydroxylation is 1. The Morgan fingerprint density at radius 1 is 1.33 bits per heavy atom. The van der Waals surface area contributed by atoms with E-state index in [4.69, 9.17) is 5.11 Å². The second-order valence-electron chi connectivity index (χ2n) is 4.82. The summed E-state index contributed by atoms with van der Waals surface area (Å²) >= 11 is 0. The van der Waals surface area contributed by atoms with Crippen molar-refractivity contribution in [2.24, 2.45) is 0 Å². The van der Waals surface area contributed by atoms with Crippen LogP contribution in [0.5, 0.6) is 0 Å². The summed E-state index contributed by atoms with van der Waals surface area (Å²) in [7, 11) is 0. The molecule has 21 heavy (non-hydrogen) atoms. The van der Waals surface area contributed by atoms with Crippen LogP contribution in [0.2, 0.25) is 0 Å². The highest BCUT2D eigenvalue weighted by molar-refractivity contribution is 6.15. The Bertz CT molecular complexity index is 697. The molecule has 0 aliphatic carbocycles. The first-order chi connectivity index (χ1) is 10.0. The maximum absolute atomic E-state index is 11.1. The average molecular weight is 282 g/mol. The van der Waals surface area contributed by atoms with Crippen molar-refractivity contribution in [1.82, 2.24) is 9.78 Å². The van der Waals surface area contributed by atoms with E-state index in [1.807, 2.05) is 49.4 Å². The summed E-state index contributed by atoms with van der Waals surface area (Å²) in [6.45, 7) is 7.87. The highest BCUT2D eigenvalue weighted by atomic mass is 16.4. The van der Waals surface area contributed by atoms with Gasteiger partial charge in [0, 0.05) is 11.3 Å². The predicted octanol–water partition coefficient (Wildman–Crippen LogP) is 3.31. The van der Waals surface area contributed by atoms with E-state index in [0.29, 0.717) is 17.8 Å². The summed E-state index contributed by atoms with van der Waals surface area (Å²) in [6, 6.07) is 9.99. The summed E-state index contributed by atoms with van der Waals surface area (Å²) in [5.74, 6) is -1.01. The Morgan fingerprint density at radius 2 is 2.00 bits per heavy atom. The number of aliphatic carboxylic acids is 1. The lowest BCUT2D eigenvalue weighted by molar-refractivity contribution is -0.130. The number of rotatable bonds is 5. The lowest BCUT2D eigenvalue weighted by Gasteiger charge is -2.02. The molecule has 0 spiro atoms. The highest BCUT2D eigenvalue weighted by Crippen LogP contribution is 2.21. The van der Waals surface area contributed by atoms with E-state index in [2.05, 4.69) is 11.7 Å². The van der Waals surface area contributed by atoms with Gasteiger partial charge in [-0.05, 0) is 19.4 Å². The molecule has 0 bridgehead atoms. The minimum atomic E-state index is -1.01. The number of aromatic nitrogens is 2. The maximum Gasteiger partial charge on any atom is 0.335 e. The average Bonchev–Trinajstić information content (AvgIpc) is 2.74. The molecular weight excluding hydrogens is 264 g/mol. The van der Waals surface area contributed by atoms with Gasteiger partial charge in [0.15, 0.2) is 0 Å². The molecule has 1 N–H and O–H groups in total. The summed E-state index contributed by atoms with van der Waals surface area (Å²) in [5, 5.41) is 13.5. The lowest BCUT2D eigenvalue weighted by atomic mass is 10.1. The third-order valence-electron chi connectivity index (χ3n) is 3.33. The molecule has 0 aliphatic heterocycles. The fourth-order valence-electron chi connectivity index (χ4n) is 2.27. The van der Waals surface area contributed by atoms with Gasteiger partial charge in [-0.15, -0.1) is 0 Å². The van der Waals surface area contributed by atoms with Gasteiger partial charge < -0.3 is 5.11 Å². The normalized spacial score (nSPS) is 11.0. The Labute approximate surface area is 124 Å². The molecule has 0 unspecified atom stereocenters. The summed E-state index contributed by atoms with van der Waals surface area (Å²) in [5.41, 5.74) is 3.33. The van der Waals surface area contributed by atoms with Crippen LogP contribution in [-0.4, -0.2) is 20.9 Å². The molecule has 0 atom stereocenters. The first-order valence-electron chi connectivity index (χ1n) is 6.69. The van der Waals surface area contributed by atoms with E-state index in [1.165, 1.54) is 0 Å². The van der Waals surface area contributed by atoms with Crippen LogP contribution in [-0.2, 0) is 11.3 Å². The Balaban J connectivity index is 2.19. The second-order valence-corrected chi connectivity index (χ2v) is 4.82. The molecular formula is C17H18N2O2. The molecule has 0 saturated heterocycles. The van der Waals surface area contributed by atoms with Gasteiger partial charge in [-0.25, -0.2) is 4.79 Å². The maximum atomic E-state index is 11.1. The van der Waals surface area contributed by atoms with Crippen LogP contribution in [0.1, 0.15) is 22.5 Å². The van der Waals surface area contributed by atoms with Crippen LogP contribution < -0.4 is 0 Å². The van der Waals surface area contributed by atoms with Gasteiger partial charge in [-0.3, -0.25) is 4.68 Å². The van der Waals surface area contributed by atoms with Crippen molar-refractivity contribution in [3.8, 4) is 0 Å². The molecule has 4 heteroatoms. The van der Waals surface area contributed by atoms with E-state index in [-0.39, 0.29) is 5.57 Å². The molecule has 1 aromatic carbocycles. The number of hydrogen-bond donors (Lipinski definition) is 1. The molecule has 0 aliphatic rings. The Kier molecular flexibility index (Phi) is 4.38. The van der Waals surface area contributed by atoms with E-state index in [0.717, 1.165) is 11.3 Å². The zero-order valence-electron chi connectivity index (χ0n) is 12.2. The number of carboxylic acids is 1. The van der Waals surface area contributed by atoms with Crippen LogP contribution in [0, 0.1) is 13.8 Å². The van der Waals surface area contributed by atoms with Gasteiger partial charge in [0.25, 0.3) is 0 Å². The van der Waals surface area contributed by atoms with Gasteiger partial charge in [-0.2, -0.15) is 5.10 Å². The molecule has 2 aromatic rings. The lowest BCUT2D eigenvalue weighted by Crippen LogP contribution is -2.03. The largest absolute Gasteiger partial charge is 0.478 e. The fraction of sp³-hybridized carbons (Fsp3) is 0.176. The minimum absolute atomic E-state index is 0.0864. The van der Waals surface area contributed by atoms with Crippen molar-refractivity contribution in [2.75, 3.05) is 0 Å². The van der Waals surface area contributed by atoms with Crippen molar-refractivity contribution in [2.45, 2.75) is 20.4 Å². The number of carbonyl (C=O) groups is 1. The van der Waals surface area contributed by atoms with Gasteiger partial charge in [0.1, 0.15) is 0 Å². The number of nitrogens with zero attached hydrogens (tertiary/aromatic N) is 2. The molecule has 0 radical (unpaired) electrons. The van der Waals surface area contributed by atoms with Gasteiger partial charge in [0.2, 0.25) is 0 Å². The van der Waals surface area contributed by atoms with E-state index in [9.17, 15) is 4.79 Å². The molecule has 0 amide bonds. The van der Waals surface area contributed by atoms with E-state index in [1.54, 1.807) is 11.6 Å². The van der Waals surface area contributed by atoms with Crippen LogP contribution in [0.4, 0.5) is 0 Å². The molecule has 1 aromatic heterocycles. The van der Waals surface area contributed by atoms with Crippen LogP contribution in [0.3, 0.4) is 0 Å². The molecule has 1 heterocycles. The molecule has 4 nitrogen and oxygen atoms in total. The molecule has 0 saturated carbocycles. The zero-order chi connectivity index (χ0) is 15.4. The van der Waals surface area contributed by atoms with Crippen molar-refractivity contribution in [3.63, 3.8) is 0 Å². The third-order valence-corrected chi connectivity index (χ3v) is 3.33. The number of carboxylic acid groups (broad SMARTS) is 1. The Morgan fingerprint density at radius 3 is 2.62 bits per heavy atom. The Hall–Kier alpha value is -2.62. The standard InChI is InChI=1S/C17H18N2O2/c1-12(17(20)21)16-13(2)18-19(14(16)3)11-7-10-15-8-5-4-6-9-15/h4-10H,1,11H2,2-3H3,(H,20,21)/b10-7+. The van der Waals surface area contributed by atoms with E-state index < -0.39 is 5.97 Å². The molecule has 108 valence electrons. The van der Waals surface area contributed by atoms with Crippen molar-refractivity contribution < 1.29 is 9.90 Å². The van der Waals surface area contributed by atoms with Crippen molar-refractivity contribution >= 4 is 17.6 Å². The summed E-state index contributed by atoms with van der Waals surface area (Å²) in [6.07, 6.45) is 4.02. The number of benzene rings is 1. The number of allylic oxidation sites excluding steroid dienone is 1. The van der Waals surface area contributed by atoms with Crippen LogP contribution in [0.15, 0.2) is 43.0 Å². The number of hydrogen-bond acceptors (Lipinski definition) is 2. The van der Waals surface area contributed by atoms with Gasteiger partial charge in [-0.1, -0.05) is 49.1 Å². The predicted molar refractivity (Wildman–Crippen MR) is 83.8 cm³/mol. The van der Waals surface area contributed by atoms with Crippen molar-refractivity contribution in [3.05, 3.63) is 65.5 Å². The smallest absolute Gasteiger partial charge is 0.335 e. The van der Waals surface area contributed by atoms with Gasteiger partial charge >= 0.3 is 5.97 Å². The highest BCUT2D eigenvalue weighted by Gasteiger charge is 2.17. The zero-order valence-corrected chi connectivity index (χ0v) is 12.2. The quantitative estimate of drug-likeness (QED) is 0.856.